The van der Waals surface area contributed by atoms with Crippen molar-refractivity contribution in [3.63, 3.8) is 0 Å². The number of hydrogen-bond donors (Lipinski definition) is 1. The first kappa shape index (κ1) is 20.3. The maximum Gasteiger partial charge on any atom is 0.253 e. The Balaban J connectivity index is 1.46. The van der Waals surface area contributed by atoms with Crippen LogP contribution >= 0.6 is 11.6 Å². The highest BCUT2D eigenvalue weighted by Crippen LogP contribution is 2.15. The van der Waals surface area contributed by atoms with E-state index in [0.29, 0.717) is 42.3 Å². The van der Waals surface area contributed by atoms with Gasteiger partial charge in [-0.3, -0.25) is 9.59 Å². The highest BCUT2D eigenvalue weighted by Gasteiger charge is 2.20. The van der Waals surface area contributed by atoms with Gasteiger partial charge in [0.2, 0.25) is 5.91 Å². The Morgan fingerprint density at radius 3 is 2.57 bits per heavy atom. The summed E-state index contributed by atoms with van der Waals surface area (Å²) in [7, 11) is 0. The van der Waals surface area contributed by atoms with Crippen LogP contribution in [-0.4, -0.2) is 54.3 Å². The summed E-state index contributed by atoms with van der Waals surface area (Å²) in [4.78, 5) is 28.8. The molecule has 0 unspecified atom stereocenters. The van der Waals surface area contributed by atoms with Crippen molar-refractivity contribution in [2.45, 2.75) is 12.8 Å². The van der Waals surface area contributed by atoms with Crippen LogP contribution in [0.15, 0.2) is 48.5 Å². The second-order valence-corrected chi connectivity index (χ2v) is 7.24. The van der Waals surface area contributed by atoms with Crippen LogP contribution in [-0.2, 0) is 4.79 Å². The van der Waals surface area contributed by atoms with Gasteiger partial charge in [-0.05, 0) is 55.4 Å². The third-order valence-corrected chi connectivity index (χ3v) is 4.97. The third-order valence-electron chi connectivity index (χ3n) is 4.73. The second-order valence-electron chi connectivity index (χ2n) is 6.80. The van der Waals surface area contributed by atoms with E-state index in [1.807, 2.05) is 4.90 Å². The largest absolute Gasteiger partial charge is 0.337 e. The molecule has 1 N–H and O–H groups in total. The highest BCUT2D eigenvalue weighted by atomic mass is 35.5. The summed E-state index contributed by atoms with van der Waals surface area (Å²) in [6, 6.07) is 12.7. The van der Waals surface area contributed by atoms with Gasteiger partial charge in [0.25, 0.3) is 5.91 Å². The molecule has 5 nitrogen and oxygen atoms in total. The van der Waals surface area contributed by atoms with E-state index in [1.165, 1.54) is 12.1 Å². The van der Waals surface area contributed by atoms with Gasteiger partial charge in [0.1, 0.15) is 5.82 Å². The molecule has 0 bridgehead atoms. The van der Waals surface area contributed by atoms with E-state index >= 15 is 0 Å². The average Bonchev–Trinajstić information content (AvgIpc) is 2.93. The first-order chi connectivity index (χ1) is 13.5. The van der Waals surface area contributed by atoms with E-state index in [2.05, 4.69) is 10.2 Å². The quantitative estimate of drug-likeness (QED) is 0.829. The topological polar surface area (TPSA) is 52.7 Å². The third kappa shape index (κ3) is 5.78. The van der Waals surface area contributed by atoms with Crippen LogP contribution in [0.4, 0.5) is 10.1 Å². The zero-order valence-electron chi connectivity index (χ0n) is 15.5. The normalized spacial score (nSPS) is 15.1. The van der Waals surface area contributed by atoms with Gasteiger partial charge in [-0.25, -0.2) is 4.39 Å². The Morgan fingerprint density at radius 1 is 1.04 bits per heavy atom. The first-order valence-corrected chi connectivity index (χ1v) is 9.72. The molecule has 0 atom stereocenters. The molecule has 2 aromatic carbocycles. The molecule has 1 aliphatic rings. The van der Waals surface area contributed by atoms with Crippen molar-refractivity contribution in [3.8, 4) is 0 Å². The van der Waals surface area contributed by atoms with Crippen molar-refractivity contribution < 1.29 is 14.0 Å². The number of benzene rings is 2. The van der Waals surface area contributed by atoms with Crippen LogP contribution in [0.2, 0.25) is 5.02 Å². The molecule has 148 valence electrons. The number of amides is 2. The summed E-state index contributed by atoms with van der Waals surface area (Å²) in [5.74, 6) is -0.458. The van der Waals surface area contributed by atoms with Crippen molar-refractivity contribution in [3.05, 3.63) is 64.9 Å². The minimum absolute atomic E-state index is 0.0154. The molecule has 1 aliphatic heterocycles. The van der Waals surface area contributed by atoms with Gasteiger partial charge in [-0.2, -0.15) is 0 Å². The fraction of sp³-hybridized carbons (Fsp3) is 0.333. The Bertz CT molecular complexity index is 829. The molecule has 1 saturated heterocycles. The summed E-state index contributed by atoms with van der Waals surface area (Å²) in [6.45, 7) is 3.47. The monoisotopic (exact) mass is 403 g/mol. The number of rotatable bonds is 5. The fourth-order valence-electron chi connectivity index (χ4n) is 3.22. The van der Waals surface area contributed by atoms with E-state index in [1.54, 1.807) is 36.4 Å². The summed E-state index contributed by atoms with van der Waals surface area (Å²) >= 11 is 5.98. The Morgan fingerprint density at radius 2 is 1.82 bits per heavy atom. The molecule has 0 aliphatic carbocycles. The first-order valence-electron chi connectivity index (χ1n) is 9.34. The van der Waals surface area contributed by atoms with Crippen LogP contribution in [0.25, 0.3) is 0 Å². The molecule has 1 fully saturated rings. The molecule has 3 rings (SSSR count). The predicted octanol–water partition coefficient (Wildman–Crippen LogP) is 3.66. The van der Waals surface area contributed by atoms with Gasteiger partial charge in [-0.15, -0.1) is 0 Å². The smallest absolute Gasteiger partial charge is 0.253 e. The van der Waals surface area contributed by atoms with Crippen molar-refractivity contribution in [2.24, 2.45) is 0 Å². The molecule has 1 heterocycles. The van der Waals surface area contributed by atoms with E-state index < -0.39 is 0 Å². The molecular weight excluding hydrogens is 381 g/mol. The van der Waals surface area contributed by atoms with Crippen LogP contribution in [0.1, 0.15) is 23.2 Å². The zero-order chi connectivity index (χ0) is 19.9. The van der Waals surface area contributed by atoms with E-state index in [0.717, 1.165) is 19.5 Å². The Kier molecular flexibility index (Phi) is 7.01. The summed E-state index contributed by atoms with van der Waals surface area (Å²) in [5.41, 5.74) is 1.18. The molecule has 0 radical (unpaired) electrons. The summed E-state index contributed by atoms with van der Waals surface area (Å²) in [6.07, 6.45) is 1.20. The lowest BCUT2D eigenvalue weighted by Crippen LogP contribution is -2.36. The van der Waals surface area contributed by atoms with Gasteiger partial charge in [-0.1, -0.05) is 17.7 Å². The minimum atomic E-state index is -0.334. The standard InChI is InChI=1S/C21H23ClFN3O2/c22-17-4-1-3-16(15-17)21(28)26-11-2-10-25(13-14-26)12-9-20(27)24-19-7-5-18(23)6-8-19/h1,3-8,15H,2,9-14H2,(H,24,27). The van der Waals surface area contributed by atoms with Crippen LogP contribution in [0.3, 0.4) is 0 Å². The van der Waals surface area contributed by atoms with Crippen molar-refractivity contribution in [1.29, 1.82) is 0 Å². The van der Waals surface area contributed by atoms with Crippen LogP contribution in [0.5, 0.6) is 0 Å². The lowest BCUT2D eigenvalue weighted by molar-refractivity contribution is -0.116. The van der Waals surface area contributed by atoms with Crippen molar-refractivity contribution in [2.75, 3.05) is 38.0 Å². The van der Waals surface area contributed by atoms with Gasteiger partial charge in [0.05, 0.1) is 0 Å². The van der Waals surface area contributed by atoms with Crippen molar-refractivity contribution >= 4 is 29.1 Å². The van der Waals surface area contributed by atoms with Gasteiger partial charge >= 0.3 is 0 Å². The maximum absolute atomic E-state index is 12.9. The predicted molar refractivity (Wildman–Crippen MR) is 108 cm³/mol. The number of carbonyl (C=O) groups is 2. The Labute approximate surface area is 169 Å². The van der Waals surface area contributed by atoms with Gasteiger partial charge in [0, 0.05) is 48.9 Å². The molecular formula is C21H23ClFN3O2. The zero-order valence-corrected chi connectivity index (χ0v) is 16.3. The summed E-state index contributed by atoms with van der Waals surface area (Å²) in [5, 5.41) is 3.32. The van der Waals surface area contributed by atoms with Crippen LogP contribution in [0, 0.1) is 5.82 Å². The fourth-order valence-corrected chi connectivity index (χ4v) is 3.41. The maximum atomic E-state index is 12.9. The number of hydrogen-bond acceptors (Lipinski definition) is 3. The van der Waals surface area contributed by atoms with Crippen molar-refractivity contribution in [1.82, 2.24) is 9.80 Å². The molecule has 0 aromatic heterocycles. The highest BCUT2D eigenvalue weighted by molar-refractivity contribution is 6.30. The SMILES string of the molecule is O=C(CCN1CCCN(C(=O)c2cccc(Cl)c2)CC1)Nc1ccc(F)cc1. The minimum Gasteiger partial charge on any atom is -0.337 e. The van der Waals surface area contributed by atoms with Gasteiger partial charge < -0.3 is 15.1 Å². The molecule has 28 heavy (non-hydrogen) atoms. The summed E-state index contributed by atoms with van der Waals surface area (Å²) < 4.78 is 12.9. The lowest BCUT2D eigenvalue weighted by atomic mass is 10.2. The molecule has 7 heteroatoms. The molecule has 0 saturated carbocycles. The number of carbonyl (C=O) groups excluding carboxylic acids is 2. The number of anilines is 1. The second kappa shape index (κ2) is 9.66. The Hall–Kier alpha value is -2.44. The number of nitrogens with one attached hydrogen (secondary N) is 1. The molecule has 2 amide bonds. The van der Waals surface area contributed by atoms with Gasteiger partial charge in [0.15, 0.2) is 0 Å². The number of halogens is 2. The number of nitrogens with zero attached hydrogens (tertiary/aromatic N) is 2. The van der Waals surface area contributed by atoms with E-state index in [9.17, 15) is 14.0 Å². The molecule has 2 aromatic rings. The molecule has 0 spiro atoms. The van der Waals surface area contributed by atoms with Crippen LogP contribution < -0.4 is 5.32 Å². The van der Waals surface area contributed by atoms with E-state index in [-0.39, 0.29) is 17.6 Å². The lowest BCUT2D eigenvalue weighted by Gasteiger charge is -2.22. The average molecular weight is 404 g/mol. The van der Waals surface area contributed by atoms with E-state index in [4.69, 9.17) is 11.6 Å².